The molecule has 2 N–H and O–H groups in total. The zero-order valence-electron chi connectivity index (χ0n) is 20.5. The van der Waals surface area contributed by atoms with Crippen LogP contribution in [-0.4, -0.2) is 46.5 Å². The zero-order valence-corrected chi connectivity index (χ0v) is 20.5. The number of carbonyl (C=O) groups excluding carboxylic acids is 3. The van der Waals surface area contributed by atoms with E-state index in [1.807, 2.05) is 32.9 Å². The number of aryl methyl sites for hydroxylation is 1. The monoisotopic (exact) mass is 470 g/mol. The van der Waals surface area contributed by atoms with Crippen molar-refractivity contribution in [1.29, 1.82) is 0 Å². The van der Waals surface area contributed by atoms with Crippen molar-refractivity contribution in [3.8, 4) is 5.75 Å². The topological polar surface area (TPSA) is 114 Å². The van der Waals surface area contributed by atoms with Gasteiger partial charge in [-0.25, -0.2) is 0 Å². The normalized spacial score (nSPS) is 14.3. The first-order valence-electron chi connectivity index (χ1n) is 11.6. The Labute approximate surface area is 200 Å². The Hall–Kier alpha value is -3.36. The van der Waals surface area contributed by atoms with Gasteiger partial charge in [0.05, 0.1) is 7.11 Å². The molecule has 0 bridgehead atoms. The predicted octanol–water partition coefficient (Wildman–Crippen LogP) is 3.75. The molecule has 0 radical (unpaired) electrons. The van der Waals surface area contributed by atoms with E-state index in [1.165, 1.54) is 0 Å². The van der Waals surface area contributed by atoms with E-state index in [0.717, 1.165) is 19.3 Å². The van der Waals surface area contributed by atoms with Crippen molar-refractivity contribution in [2.75, 3.05) is 12.4 Å². The summed E-state index contributed by atoms with van der Waals surface area (Å²) in [4.78, 5) is 40.9. The van der Waals surface area contributed by atoms with Crippen molar-refractivity contribution in [2.24, 2.45) is 0 Å². The summed E-state index contributed by atoms with van der Waals surface area (Å²) in [7, 11) is 1.58. The second kappa shape index (κ2) is 10.7. The van der Waals surface area contributed by atoms with E-state index in [0.29, 0.717) is 22.9 Å². The van der Waals surface area contributed by atoms with Crippen LogP contribution in [0.15, 0.2) is 34.9 Å². The molecule has 1 atom stereocenters. The first-order valence-corrected chi connectivity index (χ1v) is 11.6. The predicted molar refractivity (Wildman–Crippen MR) is 127 cm³/mol. The molecule has 1 heterocycles. The molecular formula is C25H34N4O5. The minimum absolute atomic E-state index is 0.0176. The molecule has 3 rings (SSSR count). The third kappa shape index (κ3) is 6.59. The van der Waals surface area contributed by atoms with E-state index >= 15 is 0 Å². The van der Waals surface area contributed by atoms with Crippen molar-refractivity contribution in [3.63, 3.8) is 0 Å². The molecule has 1 aliphatic carbocycles. The van der Waals surface area contributed by atoms with Crippen LogP contribution in [0.25, 0.3) is 0 Å². The Morgan fingerprint density at radius 3 is 2.41 bits per heavy atom. The molecular weight excluding hydrogens is 436 g/mol. The summed E-state index contributed by atoms with van der Waals surface area (Å²) in [6.07, 6.45) is 2.36. The average Bonchev–Trinajstić information content (AvgIpc) is 3.56. The van der Waals surface area contributed by atoms with Crippen LogP contribution >= 0.6 is 0 Å². The van der Waals surface area contributed by atoms with Crippen molar-refractivity contribution in [3.05, 3.63) is 41.7 Å². The Bertz CT molecular complexity index is 1010. The van der Waals surface area contributed by atoms with Gasteiger partial charge < -0.3 is 24.8 Å². The summed E-state index contributed by atoms with van der Waals surface area (Å²) in [5.74, 6) is 0.746. The number of amides is 3. The third-order valence-corrected chi connectivity index (χ3v) is 5.99. The third-order valence-electron chi connectivity index (χ3n) is 5.99. The molecule has 9 heteroatoms. The largest absolute Gasteiger partial charge is 0.497 e. The summed E-state index contributed by atoms with van der Waals surface area (Å²) < 4.78 is 10.2. The number of nitrogens with one attached hydrogen (secondary N) is 2. The van der Waals surface area contributed by atoms with Crippen LogP contribution in [0.2, 0.25) is 0 Å². The molecule has 1 unspecified atom stereocenters. The van der Waals surface area contributed by atoms with Gasteiger partial charge in [0, 0.05) is 30.5 Å². The lowest BCUT2D eigenvalue weighted by Gasteiger charge is -2.35. The number of nitrogens with zero attached hydrogens (tertiary/aromatic N) is 2. The lowest BCUT2D eigenvalue weighted by Crippen LogP contribution is -2.51. The van der Waals surface area contributed by atoms with E-state index < -0.39 is 11.6 Å². The van der Waals surface area contributed by atoms with E-state index in [1.54, 1.807) is 37.1 Å². The fourth-order valence-electron chi connectivity index (χ4n) is 3.61. The maximum absolute atomic E-state index is 13.5. The van der Waals surface area contributed by atoms with Gasteiger partial charge in [0.25, 0.3) is 0 Å². The van der Waals surface area contributed by atoms with Crippen LogP contribution in [0.1, 0.15) is 70.2 Å². The Morgan fingerprint density at radius 1 is 1.21 bits per heavy atom. The number of methoxy groups -OCH3 is 1. The van der Waals surface area contributed by atoms with E-state index in [-0.39, 0.29) is 36.6 Å². The molecule has 2 aromatic rings. The summed E-state index contributed by atoms with van der Waals surface area (Å²) in [6, 6.07) is 7.96. The summed E-state index contributed by atoms with van der Waals surface area (Å²) in [6.45, 7) is 7.63. The summed E-state index contributed by atoms with van der Waals surface area (Å²) in [5, 5.41) is 9.46. The van der Waals surface area contributed by atoms with Gasteiger partial charge in [0.1, 0.15) is 17.6 Å². The van der Waals surface area contributed by atoms with Gasteiger partial charge >= 0.3 is 0 Å². The standard InChI is InChI=1S/C25H34N4O5/c1-6-25(3,4)27-24(32)23(17-7-11-19(33-5)12-8-17)29(18-9-10-18)22(31)14-13-21(30)26-20-15-16(2)34-28-20/h7-8,11-12,15,18,23H,6,9-10,13-14H2,1-5H3,(H,27,32)(H,26,28,30). The van der Waals surface area contributed by atoms with E-state index in [4.69, 9.17) is 9.26 Å². The SMILES string of the molecule is CCC(C)(C)NC(=O)C(c1ccc(OC)cc1)N(C(=O)CCC(=O)Nc1cc(C)on1)C1CC1. The number of rotatable bonds is 11. The highest BCUT2D eigenvalue weighted by Gasteiger charge is 2.42. The first kappa shape index (κ1) is 25.3. The molecule has 3 amide bonds. The molecule has 0 spiro atoms. The minimum atomic E-state index is -0.794. The van der Waals surface area contributed by atoms with Gasteiger partial charge in [-0.2, -0.15) is 0 Å². The molecule has 1 aromatic heterocycles. The maximum atomic E-state index is 13.5. The van der Waals surface area contributed by atoms with Gasteiger partial charge in [-0.3, -0.25) is 14.4 Å². The second-order valence-electron chi connectivity index (χ2n) is 9.31. The molecule has 1 aromatic carbocycles. The van der Waals surface area contributed by atoms with Crippen LogP contribution in [0.4, 0.5) is 5.82 Å². The van der Waals surface area contributed by atoms with Crippen molar-refractivity contribution in [1.82, 2.24) is 15.4 Å². The highest BCUT2D eigenvalue weighted by Crippen LogP contribution is 2.36. The van der Waals surface area contributed by atoms with Crippen LogP contribution in [0, 0.1) is 6.92 Å². The molecule has 0 saturated heterocycles. The number of benzene rings is 1. The van der Waals surface area contributed by atoms with Gasteiger partial charge in [0.2, 0.25) is 17.7 Å². The quantitative estimate of drug-likeness (QED) is 0.517. The molecule has 34 heavy (non-hydrogen) atoms. The molecule has 9 nitrogen and oxygen atoms in total. The number of hydrogen-bond donors (Lipinski definition) is 2. The Kier molecular flexibility index (Phi) is 7.96. The van der Waals surface area contributed by atoms with Crippen molar-refractivity contribution in [2.45, 2.75) is 77.4 Å². The molecule has 1 saturated carbocycles. The van der Waals surface area contributed by atoms with E-state index in [9.17, 15) is 14.4 Å². The molecule has 184 valence electrons. The number of carbonyl (C=O) groups is 3. The Balaban J connectivity index is 1.79. The zero-order chi connectivity index (χ0) is 24.9. The maximum Gasteiger partial charge on any atom is 0.247 e. The summed E-state index contributed by atoms with van der Waals surface area (Å²) in [5.41, 5.74) is 0.281. The molecule has 1 fully saturated rings. The minimum Gasteiger partial charge on any atom is -0.497 e. The smallest absolute Gasteiger partial charge is 0.247 e. The fourth-order valence-corrected chi connectivity index (χ4v) is 3.61. The van der Waals surface area contributed by atoms with Gasteiger partial charge in [0.15, 0.2) is 5.82 Å². The number of aromatic nitrogens is 1. The van der Waals surface area contributed by atoms with Gasteiger partial charge in [-0.1, -0.05) is 24.2 Å². The van der Waals surface area contributed by atoms with Crippen molar-refractivity contribution >= 4 is 23.5 Å². The van der Waals surface area contributed by atoms with E-state index in [2.05, 4.69) is 15.8 Å². The molecule has 0 aliphatic heterocycles. The number of hydrogen-bond acceptors (Lipinski definition) is 6. The fraction of sp³-hybridized carbons (Fsp3) is 0.520. The summed E-state index contributed by atoms with van der Waals surface area (Å²) >= 11 is 0. The van der Waals surface area contributed by atoms with Crippen LogP contribution in [-0.2, 0) is 14.4 Å². The van der Waals surface area contributed by atoms with Crippen molar-refractivity contribution < 1.29 is 23.6 Å². The Morgan fingerprint density at radius 2 is 1.88 bits per heavy atom. The molecule has 1 aliphatic rings. The van der Waals surface area contributed by atoms with Gasteiger partial charge in [-0.05, 0) is 57.7 Å². The van der Waals surface area contributed by atoms with Crippen LogP contribution < -0.4 is 15.4 Å². The lowest BCUT2D eigenvalue weighted by atomic mass is 9.98. The van der Waals surface area contributed by atoms with Gasteiger partial charge in [-0.15, -0.1) is 0 Å². The van der Waals surface area contributed by atoms with Crippen LogP contribution in [0.3, 0.4) is 0 Å². The average molecular weight is 471 g/mol. The highest BCUT2D eigenvalue weighted by atomic mass is 16.5. The number of ether oxygens (including phenoxy) is 1. The highest BCUT2D eigenvalue weighted by molar-refractivity contribution is 5.94. The first-order chi connectivity index (χ1) is 16.1. The number of anilines is 1. The second-order valence-corrected chi connectivity index (χ2v) is 9.31. The van der Waals surface area contributed by atoms with Crippen LogP contribution in [0.5, 0.6) is 5.75 Å². The lowest BCUT2D eigenvalue weighted by molar-refractivity contribution is -0.142.